The molecule has 22 rings (SSSR count). The van der Waals surface area contributed by atoms with Crippen LogP contribution in [0, 0.1) is 107 Å². The minimum Gasteiger partial charge on any atom is -0.431 e. The predicted octanol–water partition coefficient (Wildman–Crippen LogP) is 19.3. The van der Waals surface area contributed by atoms with Crippen molar-refractivity contribution in [3.8, 4) is 0 Å². The van der Waals surface area contributed by atoms with Crippen LogP contribution < -0.4 is 22.5 Å². The highest BCUT2D eigenvalue weighted by atomic mass is 35.5. The van der Waals surface area contributed by atoms with Gasteiger partial charge in [0, 0.05) is 146 Å². The molecule has 32 atom stereocenters. The zero-order chi connectivity index (χ0) is 98.6. The molecule has 0 spiro atoms. The Balaban J connectivity index is 0.000000116. The molecule has 10 saturated carbocycles. The molecule has 18 aliphatic rings. The van der Waals surface area contributed by atoms with Crippen LogP contribution in [0.25, 0.3) is 0 Å². The summed E-state index contributed by atoms with van der Waals surface area (Å²) >= 11 is 55.7. The number of ether oxygens (including phenoxy) is 6. The number of alkyl halides is 8. The number of carbonyl (C=O) groups excluding carboxylic acids is 1. The van der Waals surface area contributed by atoms with E-state index in [0.717, 1.165) is 78.4 Å². The van der Waals surface area contributed by atoms with Crippen molar-refractivity contribution in [3.05, 3.63) is 208 Å². The number of rotatable bonds is 9. The molecule has 21 nitrogen and oxygen atoms in total. The fourth-order valence-electron chi connectivity index (χ4n) is 34.5. The van der Waals surface area contributed by atoms with E-state index in [2.05, 4.69) is 112 Å². The molecule has 136 heavy (non-hydrogen) atoms. The van der Waals surface area contributed by atoms with Crippen LogP contribution in [0.5, 0.6) is 0 Å². The maximum Gasteiger partial charge on any atom is 0.335 e. The molecule has 0 radical (unpaired) electrons. The molecule has 16 aliphatic carbocycles. The Morgan fingerprint density at radius 3 is 1.21 bits per heavy atom. The maximum atomic E-state index is 12.7. The van der Waals surface area contributed by atoms with Gasteiger partial charge in [0.25, 0.3) is 0 Å². The summed E-state index contributed by atoms with van der Waals surface area (Å²) in [6, 6.07) is 12.2. The number of ketones is 1. The number of epoxide rings is 2. The van der Waals surface area contributed by atoms with Crippen LogP contribution in [-0.2, 0) is 33.2 Å². The van der Waals surface area contributed by atoms with Crippen LogP contribution in [-0.4, -0.2) is 166 Å². The fourth-order valence-corrected chi connectivity index (χ4v) is 38.9. The van der Waals surface area contributed by atoms with Crippen LogP contribution in [0.1, 0.15) is 239 Å². The van der Waals surface area contributed by atoms with Crippen molar-refractivity contribution in [2.24, 2.45) is 107 Å². The van der Waals surface area contributed by atoms with Crippen LogP contribution in [0.2, 0.25) is 0 Å². The van der Waals surface area contributed by atoms with Gasteiger partial charge in [-0.1, -0.05) is 139 Å². The summed E-state index contributed by atoms with van der Waals surface area (Å²) in [5.41, 5.74) is -5.75. The first-order valence-corrected chi connectivity index (χ1v) is 51.5. The van der Waals surface area contributed by atoms with Crippen molar-refractivity contribution >= 4 is 98.6 Å². The number of hydrogen-bond acceptors (Lipinski definition) is 21. The van der Waals surface area contributed by atoms with Crippen LogP contribution in [0.15, 0.2) is 181 Å². The molecule has 742 valence electrons. The number of hydrogen-bond donors (Lipinski definition) is 6. The SMILES string of the molecule is CC1(C)C(=O)C=C[C@]2(C)[C@H]3CC[C@]4(C)[C@@H](c5ccc(=O)oc5)C(Cl)(Cl)C[C@]4(O)C3=CC[C@@H]12.CO[C@H]1C=C[C@]2(C)[C@H]3C[C@@H](O)[C@]4(C)[C@@H](c5ccc(=O)oc5)C(Cl)(Cl)C[C@]4(O)C3=CC[C@H]2C1(C)C.CO[C@H]1[C@H]2O[C@H]2[C@]2(CO)[C@H]3CC[C@]4(C)[C@@H](c5ccc(=O)oc5)C(Cl)(Cl)C[C@]4(O)C3=CC[C@H]2C1(C)C.CO[C@H]1[C@H]2O[C@H]2[C@]2(OC)[C@H]3CC[C@]4(C)[C@@H](c5ccc(=O)oc5)C(Cl)(Cl)C[C@]4(O)C3=CC[C@H]2C1(C)C. The number of allylic oxidation sites excluding steroid dienone is 7. The number of carbonyl (C=O) groups is 1. The van der Waals surface area contributed by atoms with Crippen molar-refractivity contribution < 1.29 is 81.5 Å². The molecule has 0 aromatic carbocycles. The molecular weight excluding hydrogens is 1900 g/mol. The van der Waals surface area contributed by atoms with E-state index >= 15 is 0 Å². The van der Waals surface area contributed by atoms with E-state index in [-0.39, 0.29) is 161 Å². The lowest BCUT2D eigenvalue weighted by atomic mass is 9.42. The smallest absolute Gasteiger partial charge is 0.335 e. The Labute approximate surface area is 835 Å². The standard InChI is InChI=1S/2C27H34Cl2O6.C27H34Cl2O5.C26H30Cl2O4/c1-23(2)17-8-7-15-16(27(17,33-5)22-19(35-22)21(23)32-4)10-11-24(3)20(14-6-9-18(30)34-12-14)26(28,29)13-25(15,24)31;1-23(2)17-7-6-16-15(25(17,13-30)22-19(35-22)21(23)33-4)9-10-24(3)20(14-5-8-18(31)34-11-14)27(28,29)12-26(16,24)32;1-23(2)18-8-7-16-17(24(18,3)11-10-20(23)33-5)12-19(30)25(4)22(15-6-9-21(31)34-13-15)27(28,29)14-26(16,25)32;1-22(2)18-7-6-17-16(23(18,3)11-10-19(22)29)9-12-24(4)21(15-5-8-20(30)32-13-15)26(27,28)14-25(17,24)31/h6-7,9,12,16-17,19-22,31H,8,10-11,13H2,1-5H3;5-6,8,11,15,17,19-22,30,32H,7,9-10,12-13H2,1-4H3;6-7,9-11,13,17-20,22,30,32H,8,12,14H2,1-5H3;5-6,8,10-11,13,16,18,21,31H,7,9,12,14H2,1-4H3/t16-,17-,19+,20+,21-,22+,24+,25-,27-;15-,17-,19+,20+,21-,22+,24+,25+,26-;17-,18-,19+,20-,22+,24+,25+,26-;16-,18-,21+,23+,24+,25-/m0000/s1. The third kappa shape index (κ3) is 13.5. The molecular formula is C107H132Cl8O21. The van der Waals surface area contributed by atoms with Gasteiger partial charge in [-0.25, -0.2) is 19.2 Å². The Morgan fingerprint density at radius 1 is 0.412 bits per heavy atom. The third-order valence-corrected chi connectivity index (χ3v) is 43.7. The lowest BCUT2D eigenvalue weighted by Gasteiger charge is -2.62. The highest BCUT2D eigenvalue weighted by Gasteiger charge is 2.83. The van der Waals surface area contributed by atoms with Gasteiger partial charge in [-0.15, -0.1) is 92.8 Å². The Morgan fingerprint density at radius 2 is 0.779 bits per heavy atom. The summed E-state index contributed by atoms with van der Waals surface area (Å²) in [7, 11) is 7.02. The van der Waals surface area contributed by atoms with E-state index in [9.17, 15) is 54.6 Å². The Hall–Kier alpha value is -4.25. The van der Waals surface area contributed by atoms with Gasteiger partial charge in [-0.2, -0.15) is 0 Å². The second-order valence-electron chi connectivity index (χ2n) is 47.7. The van der Waals surface area contributed by atoms with E-state index in [0.29, 0.717) is 36.8 Å². The minimum atomic E-state index is -1.41. The van der Waals surface area contributed by atoms with Gasteiger partial charge in [-0.3, -0.25) is 4.79 Å². The average Bonchev–Trinajstić information content (AvgIpc) is 1.52. The van der Waals surface area contributed by atoms with E-state index in [1.54, 1.807) is 58.8 Å². The first-order chi connectivity index (χ1) is 63.3. The van der Waals surface area contributed by atoms with E-state index < -0.39 is 124 Å². The quantitative estimate of drug-likeness (QED) is 0.0515. The van der Waals surface area contributed by atoms with Gasteiger partial charge in [-0.05, 0) is 208 Å². The van der Waals surface area contributed by atoms with Gasteiger partial charge >= 0.3 is 22.5 Å². The molecule has 2 aliphatic heterocycles. The highest BCUT2D eigenvalue weighted by molar-refractivity contribution is 6.51. The molecule has 4 aromatic rings. The first kappa shape index (κ1) is 100. The summed E-state index contributed by atoms with van der Waals surface area (Å²) in [6.45, 7) is 30.0. The number of fused-ring (bicyclic) bond motifs is 24. The van der Waals surface area contributed by atoms with Crippen molar-refractivity contribution in [1.29, 1.82) is 0 Å². The summed E-state index contributed by atoms with van der Waals surface area (Å²) in [4.78, 5) is 59.0. The van der Waals surface area contributed by atoms with E-state index in [4.69, 9.17) is 139 Å². The van der Waals surface area contributed by atoms with E-state index in [1.807, 2.05) is 27.7 Å². The fraction of sp³-hybridized carbons (Fsp3) is 0.692. The molecule has 29 heteroatoms. The number of halogens is 8. The van der Waals surface area contributed by atoms with Crippen LogP contribution >= 0.6 is 92.8 Å². The largest absolute Gasteiger partial charge is 0.431 e. The molecule has 12 fully saturated rings. The minimum absolute atomic E-state index is 0.00400. The highest BCUT2D eigenvalue weighted by Crippen LogP contribution is 2.81. The molecule has 0 amide bonds. The van der Waals surface area contributed by atoms with Gasteiger partial charge < -0.3 is 76.7 Å². The Bertz CT molecular complexity index is 5680. The normalized spacial score (nSPS) is 47.0. The maximum absolute atomic E-state index is 12.7. The van der Waals surface area contributed by atoms with Crippen molar-refractivity contribution in [2.75, 3.05) is 35.0 Å². The number of methoxy groups -OCH3 is 4. The predicted molar refractivity (Wildman–Crippen MR) is 520 cm³/mol. The molecule has 6 heterocycles. The third-order valence-electron chi connectivity index (χ3n) is 40.9. The summed E-state index contributed by atoms with van der Waals surface area (Å²) < 4.78 is 52.2. The lowest BCUT2D eigenvalue weighted by Crippen LogP contribution is -2.68. The Kier molecular flexibility index (Phi) is 23.9. The van der Waals surface area contributed by atoms with Gasteiger partial charge in [0.05, 0.1) is 84.6 Å². The van der Waals surface area contributed by atoms with Gasteiger partial charge in [0.2, 0.25) is 0 Å². The number of aliphatic hydroxyl groups excluding tert-OH is 2. The van der Waals surface area contributed by atoms with Crippen LogP contribution in [0.3, 0.4) is 0 Å². The van der Waals surface area contributed by atoms with Gasteiger partial charge in [0.15, 0.2) is 5.78 Å². The second kappa shape index (κ2) is 32.4. The zero-order valence-corrected chi connectivity index (χ0v) is 86.8. The lowest BCUT2D eigenvalue weighted by molar-refractivity contribution is -0.200. The van der Waals surface area contributed by atoms with Crippen LogP contribution in [0.4, 0.5) is 0 Å². The summed E-state index contributed by atoms with van der Waals surface area (Å²) in [6.07, 6.45) is 30.1. The number of aliphatic hydroxyl groups is 6. The molecule has 2 saturated heterocycles. The van der Waals surface area contributed by atoms with Crippen molar-refractivity contribution in [3.63, 3.8) is 0 Å². The van der Waals surface area contributed by atoms with E-state index in [1.165, 1.54) is 49.3 Å². The zero-order valence-electron chi connectivity index (χ0n) is 80.7. The summed E-state index contributed by atoms with van der Waals surface area (Å²) in [5, 5.41) is 72.7. The van der Waals surface area contributed by atoms with Crippen molar-refractivity contribution in [1.82, 2.24) is 0 Å². The monoisotopic (exact) mass is 2030 g/mol. The molecule has 6 N–H and O–H groups in total. The average molecular weight is 2040 g/mol. The first-order valence-electron chi connectivity index (χ1n) is 48.5. The topological polar surface area (TPSA) is 321 Å². The van der Waals surface area contributed by atoms with Crippen molar-refractivity contribution in [2.45, 2.75) is 311 Å². The molecule has 4 aromatic heterocycles. The second-order valence-corrected chi connectivity index (χ2v) is 53.9. The van der Waals surface area contributed by atoms with Gasteiger partial charge in [0.1, 0.15) is 41.2 Å². The summed E-state index contributed by atoms with van der Waals surface area (Å²) in [5.74, 6) is -0.933. The molecule has 0 unspecified atom stereocenters. The molecule has 0 bridgehead atoms.